The number of alkyl halides is 3. The van der Waals surface area contributed by atoms with E-state index >= 15 is 0 Å². The van der Waals surface area contributed by atoms with E-state index in [1.807, 2.05) is 6.92 Å². The minimum atomic E-state index is -4.52. The van der Waals surface area contributed by atoms with E-state index in [9.17, 15) is 18.0 Å². The van der Waals surface area contributed by atoms with Crippen molar-refractivity contribution >= 4 is 5.91 Å². The molecule has 0 saturated heterocycles. The number of aryl methyl sites for hydroxylation is 1. The molecule has 3 rings (SSSR count). The smallest absolute Gasteiger partial charge is 0.419 e. The third kappa shape index (κ3) is 5.19. The number of halogens is 3. The van der Waals surface area contributed by atoms with Crippen LogP contribution >= 0.6 is 0 Å². The fourth-order valence-corrected chi connectivity index (χ4v) is 3.00. The number of carbonyl (C=O) groups excluding carboxylic acids is 1. The summed E-state index contributed by atoms with van der Waals surface area (Å²) in [7, 11) is 0. The molecule has 2 heterocycles. The molecular weight excluding hydrogens is 413 g/mol. The summed E-state index contributed by atoms with van der Waals surface area (Å²) in [5.41, 5.74) is 0.0985. The van der Waals surface area contributed by atoms with Gasteiger partial charge in [-0.15, -0.1) is 0 Å². The number of rotatable bonds is 7. The molecule has 0 fully saturated rings. The number of aromatic nitrogens is 3. The first-order valence-corrected chi connectivity index (χ1v) is 9.55. The molecule has 0 aliphatic heterocycles. The van der Waals surface area contributed by atoms with Gasteiger partial charge in [-0.05, 0) is 19.9 Å². The molecule has 10 heteroatoms. The molecule has 1 atom stereocenters. The van der Waals surface area contributed by atoms with Crippen molar-refractivity contribution in [3.63, 3.8) is 0 Å². The lowest BCUT2D eigenvalue weighted by molar-refractivity contribution is -0.138. The summed E-state index contributed by atoms with van der Waals surface area (Å²) in [4.78, 5) is 26.1. The highest BCUT2D eigenvalue weighted by atomic mass is 19.4. The van der Waals surface area contributed by atoms with Gasteiger partial charge >= 0.3 is 12.2 Å². The monoisotopic (exact) mass is 434 g/mol. The summed E-state index contributed by atoms with van der Waals surface area (Å²) < 4.78 is 48.8. The molecule has 0 spiro atoms. The molecule has 1 amide bonds. The Bertz CT molecular complexity index is 1030. The Balaban J connectivity index is 1.72. The standard InChI is InChI=1S/C21H21F3N4O3/c1-4-28(13(2)12-30-20-26-9-15(10-27-20)21(22,23)24)19(29)17-8-6-5-7-16(17)18-11-25-14(3)31-18/h5-11,13H,4,12H2,1-3H3. The van der Waals surface area contributed by atoms with Gasteiger partial charge < -0.3 is 14.1 Å². The molecule has 0 radical (unpaired) electrons. The van der Waals surface area contributed by atoms with Crippen molar-refractivity contribution in [1.82, 2.24) is 19.9 Å². The van der Waals surface area contributed by atoms with Gasteiger partial charge in [0.1, 0.15) is 6.61 Å². The first kappa shape index (κ1) is 22.3. The lowest BCUT2D eigenvalue weighted by atomic mass is 10.0. The third-order valence-electron chi connectivity index (χ3n) is 4.59. The Morgan fingerprint density at radius 1 is 1.16 bits per heavy atom. The van der Waals surface area contributed by atoms with Crippen molar-refractivity contribution in [1.29, 1.82) is 0 Å². The molecule has 0 bridgehead atoms. The lowest BCUT2D eigenvalue weighted by Crippen LogP contribution is -2.42. The van der Waals surface area contributed by atoms with Crippen LogP contribution in [0.4, 0.5) is 13.2 Å². The molecule has 0 aliphatic carbocycles. The fraction of sp³-hybridized carbons (Fsp3) is 0.333. The molecular formula is C21H21F3N4O3. The van der Waals surface area contributed by atoms with Gasteiger partial charge in [-0.3, -0.25) is 4.79 Å². The molecule has 3 aromatic rings. The maximum Gasteiger partial charge on any atom is 0.419 e. The van der Waals surface area contributed by atoms with Gasteiger partial charge in [0.25, 0.3) is 5.91 Å². The molecule has 1 unspecified atom stereocenters. The van der Waals surface area contributed by atoms with Crippen LogP contribution in [0.3, 0.4) is 0 Å². The van der Waals surface area contributed by atoms with E-state index in [0.29, 0.717) is 41.7 Å². The van der Waals surface area contributed by atoms with Gasteiger partial charge in [-0.25, -0.2) is 15.0 Å². The van der Waals surface area contributed by atoms with Crippen molar-refractivity contribution in [3.8, 4) is 17.3 Å². The number of likely N-dealkylation sites (N-methyl/N-ethyl adjacent to an activating group) is 1. The van der Waals surface area contributed by atoms with Crippen LogP contribution in [0.2, 0.25) is 0 Å². The second kappa shape index (κ2) is 9.15. The maximum atomic E-state index is 13.2. The second-order valence-corrected chi connectivity index (χ2v) is 6.79. The van der Waals surface area contributed by atoms with E-state index < -0.39 is 17.8 Å². The topological polar surface area (TPSA) is 81.4 Å². The molecule has 0 N–H and O–H groups in total. The Morgan fingerprint density at radius 3 is 2.42 bits per heavy atom. The van der Waals surface area contributed by atoms with Crippen molar-refractivity contribution in [3.05, 3.63) is 59.9 Å². The highest BCUT2D eigenvalue weighted by molar-refractivity contribution is 6.00. The summed E-state index contributed by atoms with van der Waals surface area (Å²) in [6.45, 7) is 5.71. The summed E-state index contributed by atoms with van der Waals surface area (Å²) in [6, 6.07) is 6.44. The van der Waals surface area contributed by atoms with E-state index in [1.54, 1.807) is 49.2 Å². The van der Waals surface area contributed by atoms with Crippen molar-refractivity contribution < 1.29 is 27.1 Å². The maximum absolute atomic E-state index is 13.2. The van der Waals surface area contributed by atoms with E-state index in [4.69, 9.17) is 9.15 Å². The number of nitrogens with zero attached hydrogens (tertiary/aromatic N) is 4. The number of ether oxygens (including phenoxy) is 1. The summed E-state index contributed by atoms with van der Waals surface area (Å²) in [5.74, 6) is 0.735. The second-order valence-electron chi connectivity index (χ2n) is 6.79. The summed E-state index contributed by atoms with van der Waals surface area (Å²) in [6.07, 6.45) is -1.64. The van der Waals surface area contributed by atoms with E-state index in [1.165, 1.54) is 0 Å². The average Bonchev–Trinajstić information content (AvgIpc) is 3.18. The minimum absolute atomic E-state index is 0.00846. The normalized spacial score (nSPS) is 12.5. The molecule has 31 heavy (non-hydrogen) atoms. The highest BCUT2D eigenvalue weighted by Gasteiger charge is 2.31. The van der Waals surface area contributed by atoms with Gasteiger partial charge in [0.2, 0.25) is 0 Å². The van der Waals surface area contributed by atoms with Gasteiger partial charge in [0.05, 0.1) is 23.4 Å². The number of benzene rings is 1. The SMILES string of the molecule is CCN(C(=O)c1ccccc1-c1cnc(C)o1)C(C)COc1ncc(C(F)(F)F)cn1. The largest absolute Gasteiger partial charge is 0.461 e. The Kier molecular flexibility index (Phi) is 6.57. The summed E-state index contributed by atoms with van der Waals surface area (Å²) >= 11 is 0. The fourth-order valence-electron chi connectivity index (χ4n) is 3.00. The average molecular weight is 434 g/mol. The molecule has 2 aromatic heterocycles. The quantitative estimate of drug-likeness (QED) is 0.549. The van der Waals surface area contributed by atoms with Crippen LogP contribution < -0.4 is 4.74 Å². The van der Waals surface area contributed by atoms with Crippen molar-refractivity contribution in [2.24, 2.45) is 0 Å². The first-order valence-electron chi connectivity index (χ1n) is 9.55. The predicted octanol–water partition coefficient (Wildman–Crippen LogP) is 4.39. The molecule has 164 valence electrons. The number of hydrogen-bond donors (Lipinski definition) is 0. The van der Waals surface area contributed by atoms with Crippen LogP contribution in [0, 0.1) is 6.92 Å². The van der Waals surface area contributed by atoms with Crippen LogP contribution in [-0.4, -0.2) is 45.0 Å². The van der Waals surface area contributed by atoms with E-state index in [0.717, 1.165) is 0 Å². The van der Waals surface area contributed by atoms with Gasteiger partial charge in [0, 0.05) is 31.4 Å². The Labute approximate surface area is 176 Å². The zero-order valence-corrected chi connectivity index (χ0v) is 17.2. The van der Waals surface area contributed by atoms with Crippen LogP contribution in [0.1, 0.15) is 35.7 Å². The number of oxazole rings is 1. The number of carbonyl (C=O) groups is 1. The first-order chi connectivity index (χ1) is 14.7. The van der Waals surface area contributed by atoms with Gasteiger partial charge in [-0.2, -0.15) is 13.2 Å². The van der Waals surface area contributed by atoms with Crippen molar-refractivity contribution in [2.45, 2.75) is 33.0 Å². The zero-order chi connectivity index (χ0) is 22.6. The summed E-state index contributed by atoms with van der Waals surface area (Å²) in [5, 5.41) is 0. The van der Waals surface area contributed by atoms with E-state index in [2.05, 4.69) is 15.0 Å². The van der Waals surface area contributed by atoms with Crippen LogP contribution in [0.5, 0.6) is 6.01 Å². The number of amides is 1. The van der Waals surface area contributed by atoms with Gasteiger partial charge in [-0.1, -0.05) is 18.2 Å². The molecule has 7 nitrogen and oxygen atoms in total. The van der Waals surface area contributed by atoms with E-state index in [-0.39, 0.29) is 18.5 Å². The molecule has 1 aromatic carbocycles. The van der Waals surface area contributed by atoms with Gasteiger partial charge in [0.15, 0.2) is 11.7 Å². The third-order valence-corrected chi connectivity index (χ3v) is 4.59. The van der Waals surface area contributed by atoms with Crippen LogP contribution in [0.15, 0.2) is 47.3 Å². The minimum Gasteiger partial charge on any atom is -0.461 e. The lowest BCUT2D eigenvalue weighted by Gasteiger charge is -2.28. The van der Waals surface area contributed by atoms with Crippen LogP contribution in [-0.2, 0) is 6.18 Å². The van der Waals surface area contributed by atoms with Crippen LogP contribution in [0.25, 0.3) is 11.3 Å². The Hall–Kier alpha value is -3.43. The molecule has 0 aliphatic rings. The zero-order valence-electron chi connectivity index (χ0n) is 17.2. The highest BCUT2D eigenvalue weighted by Crippen LogP contribution is 2.28. The number of hydrogen-bond acceptors (Lipinski definition) is 6. The van der Waals surface area contributed by atoms with Crippen molar-refractivity contribution in [2.75, 3.05) is 13.2 Å². The molecule has 0 saturated carbocycles. The Morgan fingerprint density at radius 2 is 1.84 bits per heavy atom. The predicted molar refractivity (Wildman–Crippen MR) is 105 cm³/mol.